The van der Waals surface area contributed by atoms with Gasteiger partial charge in [0.2, 0.25) is 0 Å². The molecule has 1 heterocycles. The van der Waals surface area contributed by atoms with Gasteiger partial charge in [-0.2, -0.15) is 0 Å². The van der Waals surface area contributed by atoms with Crippen LogP contribution < -0.4 is 0 Å². The van der Waals surface area contributed by atoms with E-state index in [4.69, 9.17) is 15.0 Å². The van der Waals surface area contributed by atoms with Crippen LogP contribution in [0.3, 0.4) is 0 Å². The highest BCUT2D eigenvalue weighted by molar-refractivity contribution is 6.17. The summed E-state index contributed by atoms with van der Waals surface area (Å²) in [5.74, 6) is 1.96. The molecular formula is C43H27N3. The number of nitrogens with zero attached hydrogens (tertiary/aromatic N) is 3. The molecule has 0 spiro atoms. The average molecular weight is 586 g/mol. The summed E-state index contributed by atoms with van der Waals surface area (Å²) in [6.45, 7) is 0. The van der Waals surface area contributed by atoms with Crippen LogP contribution in [-0.4, -0.2) is 15.0 Å². The molecule has 0 aliphatic rings. The zero-order chi connectivity index (χ0) is 30.5. The van der Waals surface area contributed by atoms with Crippen LogP contribution in [0.5, 0.6) is 0 Å². The van der Waals surface area contributed by atoms with Crippen molar-refractivity contribution in [3.05, 3.63) is 164 Å². The van der Waals surface area contributed by atoms with Crippen LogP contribution in [0, 0.1) is 0 Å². The Bertz CT molecular complexity index is 2570. The van der Waals surface area contributed by atoms with Crippen LogP contribution in [-0.2, 0) is 0 Å². The highest BCUT2D eigenvalue weighted by Crippen LogP contribution is 2.34. The normalized spacial score (nSPS) is 11.5. The molecule has 0 aliphatic carbocycles. The van der Waals surface area contributed by atoms with Gasteiger partial charge < -0.3 is 0 Å². The van der Waals surface area contributed by atoms with Crippen LogP contribution in [0.15, 0.2) is 164 Å². The third-order valence-electron chi connectivity index (χ3n) is 8.90. The van der Waals surface area contributed by atoms with Crippen molar-refractivity contribution < 1.29 is 0 Å². The monoisotopic (exact) mass is 585 g/mol. The van der Waals surface area contributed by atoms with Gasteiger partial charge in [0.1, 0.15) is 0 Å². The topological polar surface area (TPSA) is 38.7 Å². The van der Waals surface area contributed by atoms with Gasteiger partial charge in [-0.3, -0.25) is 0 Å². The van der Waals surface area contributed by atoms with Crippen LogP contribution in [0.25, 0.3) is 88.4 Å². The molecule has 214 valence electrons. The first-order valence-electron chi connectivity index (χ1n) is 15.5. The zero-order valence-electron chi connectivity index (χ0n) is 24.9. The SMILES string of the molecule is c1ccc(-c2nc(-c3ccc(-c4ccc5ccccc5c4)cc3)nc(-c3ccc4ccc5c6ccccc6ccc5c4c3)n2)cc1. The Morgan fingerprint density at radius 1 is 0.239 bits per heavy atom. The van der Waals surface area contributed by atoms with Crippen molar-refractivity contribution in [1.29, 1.82) is 0 Å². The molecule has 0 atom stereocenters. The summed E-state index contributed by atoms with van der Waals surface area (Å²) in [6.07, 6.45) is 0. The quantitative estimate of drug-likeness (QED) is 0.193. The van der Waals surface area contributed by atoms with Gasteiger partial charge in [0.15, 0.2) is 17.5 Å². The Hall–Kier alpha value is -6.19. The number of hydrogen-bond acceptors (Lipinski definition) is 3. The fraction of sp³-hybridized carbons (Fsp3) is 0. The number of fused-ring (bicyclic) bond motifs is 6. The van der Waals surface area contributed by atoms with Crippen LogP contribution in [0.2, 0.25) is 0 Å². The fourth-order valence-corrected chi connectivity index (χ4v) is 6.49. The zero-order valence-corrected chi connectivity index (χ0v) is 24.9. The van der Waals surface area contributed by atoms with E-state index in [0.717, 1.165) is 22.3 Å². The van der Waals surface area contributed by atoms with Gasteiger partial charge in [0.05, 0.1) is 0 Å². The number of benzene rings is 8. The molecule has 0 bridgehead atoms. The summed E-state index contributed by atoms with van der Waals surface area (Å²) < 4.78 is 0. The Labute approximate surface area is 266 Å². The molecule has 9 aromatic rings. The standard InChI is InChI=1S/C43H27N3/c1-2-10-32(11-3-1)41-44-42(33-18-14-29(15-19-33)35-20-16-28-8-4-5-12-34(28)26-35)46-43(45-41)36-21-17-31-23-24-38-37-13-7-6-9-30(37)22-25-39(38)40(31)27-36/h1-27H. The van der Waals surface area contributed by atoms with Crippen molar-refractivity contribution in [2.75, 3.05) is 0 Å². The predicted octanol–water partition coefficient (Wildman–Crippen LogP) is 11.2. The van der Waals surface area contributed by atoms with Crippen molar-refractivity contribution in [3.63, 3.8) is 0 Å². The first kappa shape index (κ1) is 26.2. The molecule has 0 saturated carbocycles. The first-order valence-corrected chi connectivity index (χ1v) is 15.5. The highest BCUT2D eigenvalue weighted by Gasteiger charge is 2.14. The third-order valence-corrected chi connectivity index (χ3v) is 8.90. The Morgan fingerprint density at radius 3 is 1.48 bits per heavy atom. The van der Waals surface area contributed by atoms with Gasteiger partial charge >= 0.3 is 0 Å². The first-order chi connectivity index (χ1) is 22.8. The number of hydrogen-bond donors (Lipinski definition) is 0. The van der Waals surface area contributed by atoms with E-state index in [1.807, 2.05) is 30.3 Å². The average Bonchev–Trinajstić information content (AvgIpc) is 3.14. The van der Waals surface area contributed by atoms with Crippen molar-refractivity contribution in [1.82, 2.24) is 15.0 Å². The summed E-state index contributed by atoms with van der Waals surface area (Å²) in [5, 5.41) is 9.81. The van der Waals surface area contributed by atoms with Gasteiger partial charge in [0.25, 0.3) is 0 Å². The number of rotatable bonds is 4. The summed E-state index contributed by atoms with van der Waals surface area (Å²) in [6, 6.07) is 57.7. The van der Waals surface area contributed by atoms with E-state index >= 15 is 0 Å². The molecule has 0 amide bonds. The molecule has 46 heavy (non-hydrogen) atoms. The molecule has 9 rings (SSSR count). The summed E-state index contributed by atoms with van der Waals surface area (Å²) in [5.41, 5.74) is 5.20. The van der Waals surface area contributed by atoms with Gasteiger partial charge in [-0.05, 0) is 66.3 Å². The van der Waals surface area contributed by atoms with E-state index in [2.05, 4.69) is 133 Å². The second-order valence-corrected chi connectivity index (χ2v) is 11.7. The van der Waals surface area contributed by atoms with Crippen molar-refractivity contribution in [2.24, 2.45) is 0 Å². The Balaban J connectivity index is 1.17. The predicted molar refractivity (Wildman–Crippen MR) is 192 cm³/mol. The van der Waals surface area contributed by atoms with Gasteiger partial charge in [-0.1, -0.05) is 152 Å². The van der Waals surface area contributed by atoms with Crippen molar-refractivity contribution in [2.45, 2.75) is 0 Å². The number of aromatic nitrogens is 3. The molecule has 0 saturated heterocycles. The van der Waals surface area contributed by atoms with E-state index in [1.54, 1.807) is 0 Å². The second-order valence-electron chi connectivity index (χ2n) is 11.7. The minimum atomic E-state index is 0.651. The third kappa shape index (κ3) is 4.58. The lowest BCUT2D eigenvalue weighted by atomic mass is 9.96. The van der Waals surface area contributed by atoms with Gasteiger partial charge in [-0.25, -0.2) is 15.0 Å². The molecule has 1 aromatic heterocycles. The summed E-state index contributed by atoms with van der Waals surface area (Å²) >= 11 is 0. The van der Waals surface area contributed by atoms with Crippen LogP contribution in [0.1, 0.15) is 0 Å². The van der Waals surface area contributed by atoms with Crippen molar-refractivity contribution >= 4 is 43.1 Å². The Kier molecular flexibility index (Phi) is 6.14. The molecule has 3 heteroatoms. The fourth-order valence-electron chi connectivity index (χ4n) is 6.49. The lowest BCUT2D eigenvalue weighted by Gasteiger charge is -2.11. The highest BCUT2D eigenvalue weighted by atomic mass is 15.0. The molecule has 0 unspecified atom stereocenters. The van der Waals surface area contributed by atoms with Crippen molar-refractivity contribution in [3.8, 4) is 45.3 Å². The Morgan fingerprint density at radius 2 is 0.717 bits per heavy atom. The maximum Gasteiger partial charge on any atom is 0.164 e. The molecule has 0 fully saturated rings. The minimum absolute atomic E-state index is 0.651. The molecule has 0 radical (unpaired) electrons. The molecule has 3 nitrogen and oxygen atoms in total. The molecule has 8 aromatic carbocycles. The molecule has 0 aliphatic heterocycles. The van der Waals surface area contributed by atoms with E-state index in [1.165, 1.54) is 48.7 Å². The lowest BCUT2D eigenvalue weighted by Crippen LogP contribution is -2.00. The lowest BCUT2D eigenvalue weighted by molar-refractivity contribution is 1.07. The molecular weight excluding hydrogens is 558 g/mol. The van der Waals surface area contributed by atoms with E-state index in [9.17, 15) is 0 Å². The van der Waals surface area contributed by atoms with E-state index in [-0.39, 0.29) is 0 Å². The second kappa shape index (κ2) is 10.8. The van der Waals surface area contributed by atoms with Gasteiger partial charge in [0, 0.05) is 16.7 Å². The largest absolute Gasteiger partial charge is 0.208 e. The maximum absolute atomic E-state index is 5.06. The maximum atomic E-state index is 5.06. The van der Waals surface area contributed by atoms with Gasteiger partial charge in [-0.15, -0.1) is 0 Å². The van der Waals surface area contributed by atoms with Crippen LogP contribution >= 0.6 is 0 Å². The summed E-state index contributed by atoms with van der Waals surface area (Å²) in [7, 11) is 0. The van der Waals surface area contributed by atoms with Crippen LogP contribution in [0.4, 0.5) is 0 Å². The smallest absolute Gasteiger partial charge is 0.164 e. The van der Waals surface area contributed by atoms with E-state index in [0.29, 0.717) is 17.5 Å². The molecule has 0 N–H and O–H groups in total. The van der Waals surface area contributed by atoms with E-state index < -0.39 is 0 Å². The minimum Gasteiger partial charge on any atom is -0.208 e. The summed E-state index contributed by atoms with van der Waals surface area (Å²) in [4.78, 5) is 15.0.